The minimum atomic E-state index is -2.54. The molecule has 0 bridgehead atoms. The fourth-order valence-electron chi connectivity index (χ4n) is 1.06. The van der Waals surface area contributed by atoms with E-state index in [1.165, 1.54) is 19.1 Å². The Bertz CT molecular complexity index is 354. The minimum absolute atomic E-state index is 0.117. The number of carbonyl (C=O) groups excluding carboxylic acids is 1. The maximum absolute atomic E-state index is 12.3. The van der Waals surface area contributed by atoms with E-state index in [0.29, 0.717) is 14.5 Å². The molecule has 1 rings (SSSR count). The maximum Gasteiger partial charge on any atom is 0.263 e. The summed E-state index contributed by atoms with van der Waals surface area (Å²) in [5, 5.41) is 0. The van der Waals surface area contributed by atoms with Gasteiger partial charge in [-0.25, -0.2) is 8.78 Å². The van der Waals surface area contributed by atoms with Crippen LogP contribution in [-0.2, 0) is 0 Å². The first kappa shape index (κ1) is 11.8. The molecule has 1 aromatic carbocycles. The summed E-state index contributed by atoms with van der Waals surface area (Å²) in [7, 11) is 0. The molecule has 0 aromatic heterocycles. The van der Waals surface area contributed by atoms with Crippen LogP contribution in [0, 0.1) is 0 Å². The van der Waals surface area contributed by atoms with Gasteiger partial charge in [0.05, 0.1) is 0 Å². The summed E-state index contributed by atoms with van der Waals surface area (Å²) in [6.07, 6.45) is -2.54. The number of hydrogen-bond acceptors (Lipinski definition) is 1. The highest BCUT2D eigenvalue weighted by molar-refractivity contribution is 9.11. The first-order chi connectivity index (χ1) is 6.43. The van der Waals surface area contributed by atoms with E-state index in [9.17, 15) is 13.6 Å². The molecule has 0 heterocycles. The lowest BCUT2D eigenvalue weighted by atomic mass is 10.1. The Balaban J connectivity index is 3.32. The van der Waals surface area contributed by atoms with Gasteiger partial charge in [0, 0.05) is 20.1 Å². The summed E-state index contributed by atoms with van der Waals surface area (Å²) >= 11 is 6.17. The van der Waals surface area contributed by atoms with Crippen molar-refractivity contribution in [2.45, 2.75) is 13.3 Å². The number of ketones is 1. The monoisotopic (exact) mass is 326 g/mol. The Kier molecular flexibility index (Phi) is 3.78. The lowest BCUT2D eigenvalue weighted by Gasteiger charge is -2.07. The van der Waals surface area contributed by atoms with Gasteiger partial charge < -0.3 is 0 Å². The quantitative estimate of drug-likeness (QED) is 0.738. The fourth-order valence-corrected chi connectivity index (χ4v) is 2.84. The molecule has 76 valence electrons. The zero-order valence-electron chi connectivity index (χ0n) is 7.15. The third-order valence-corrected chi connectivity index (χ3v) is 2.92. The molecule has 0 aliphatic carbocycles. The zero-order valence-corrected chi connectivity index (χ0v) is 10.3. The van der Waals surface area contributed by atoms with Crippen LogP contribution in [0.25, 0.3) is 0 Å². The van der Waals surface area contributed by atoms with E-state index in [2.05, 4.69) is 31.9 Å². The maximum atomic E-state index is 12.3. The summed E-state index contributed by atoms with van der Waals surface area (Å²) in [5.41, 5.74) is 0.267. The highest BCUT2D eigenvalue weighted by Crippen LogP contribution is 2.31. The molecule has 0 N–H and O–H groups in total. The topological polar surface area (TPSA) is 17.1 Å². The molecule has 5 heteroatoms. The van der Waals surface area contributed by atoms with Crippen LogP contribution in [0.1, 0.15) is 29.3 Å². The Morgan fingerprint density at radius 3 is 2.00 bits per heavy atom. The SMILES string of the molecule is CC(=O)c1c(Br)cc(C(F)F)cc1Br. The van der Waals surface area contributed by atoms with Crippen LogP contribution < -0.4 is 0 Å². The second-order valence-corrected chi connectivity index (χ2v) is 4.43. The number of halogens is 4. The third-order valence-electron chi connectivity index (χ3n) is 1.67. The van der Waals surface area contributed by atoms with E-state index in [4.69, 9.17) is 0 Å². The van der Waals surface area contributed by atoms with Crippen LogP contribution in [0.4, 0.5) is 8.78 Å². The van der Waals surface area contributed by atoms with E-state index >= 15 is 0 Å². The summed E-state index contributed by atoms with van der Waals surface area (Å²) < 4.78 is 25.4. The Morgan fingerprint density at radius 2 is 1.71 bits per heavy atom. The normalized spacial score (nSPS) is 10.7. The van der Waals surface area contributed by atoms with Gasteiger partial charge >= 0.3 is 0 Å². The minimum Gasteiger partial charge on any atom is -0.294 e. The second kappa shape index (κ2) is 4.49. The number of rotatable bonds is 2. The van der Waals surface area contributed by atoms with E-state index in [0.717, 1.165) is 0 Å². The van der Waals surface area contributed by atoms with Gasteiger partial charge in [-0.05, 0) is 50.9 Å². The van der Waals surface area contributed by atoms with Crippen molar-refractivity contribution in [3.63, 3.8) is 0 Å². The molecule has 0 saturated carbocycles. The molecular formula is C9H6Br2F2O. The standard InChI is InChI=1S/C9H6Br2F2O/c1-4(14)8-6(10)2-5(9(12)13)3-7(8)11/h2-3,9H,1H3. The number of benzene rings is 1. The predicted molar refractivity (Wildman–Crippen MR) is 56.8 cm³/mol. The van der Waals surface area contributed by atoms with Gasteiger partial charge in [-0.2, -0.15) is 0 Å². The number of Topliss-reactive ketones (excluding diaryl/α,β-unsaturated/α-hetero) is 1. The molecule has 1 aromatic rings. The van der Waals surface area contributed by atoms with Gasteiger partial charge in [0.1, 0.15) is 0 Å². The molecule has 1 nitrogen and oxygen atoms in total. The first-order valence-corrected chi connectivity index (χ1v) is 5.30. The van der Waals surface area contributed by atoms with Crippen molar-refractivity contribution in [1.29, 1.82) is 0 Å². The molecule has 0 aliphatic heterocycles. The van der Waals surface area contributed by atoms with Gasteiger partial charge in [0.15, 0.2) is 5.78 Å². The van der Waals surface area contributed by atoms with Gasteiger partial charge in [0.25, 0.3) is 6.43 Å². The van der Waals surface area contributed by atoms with Crippen LogP contribution >= 0.6 is 31.9 Å². The van der Waals surface area contributed by atoms with Crippen molar-refractivity contribution >= 4 is 37.6 Å². The molecule has 14 heavy (non-hydrogen) atoms. The van der Waals surface area contributed by atoms with E-state index in [1.54, 1.807) is 0 Å². The smallest absolute Gasteiger partial charge is 0.263 e. The molecule has 0 fully saturated rings. The Hall–Kier alpha value is -0.290. The highest BCUT2D eigenvalue weighted by atomic mass is 79.9. The van der Waals surface area contributed by atoms with Crippen LogP contribution in [0.3, 0.4) is 0 Å². The Labute approximate surface area is 96.8 Å². The molecule has 0 amide bonds. The second-order valence-electron chi connectivity index (χ2n) is 2.72. The fraction of sp³-hybridized carbons (Fsp3) is 0.222. The summed E-state index contributed by atoms with van der Waals surface area (Å²) in [5.74, 6) is -0.176. The zero-order chi connectivity index (χ0) is 10.9. The predicted octanol–water partition coefficient (Wildman–Crippen LogP) is 4.35. The van der Waals surface area contributed by atoms with Crippen molar-refractivity contribution in [2.24, 2.45) is 0 Å². The van der Waals surface area contributed by atoms with E-state index in [-0.39, 0.29) is 11.3 Å². The molecular weight excluding hydrogens is 322 g/mol. The largest absolute Gasteiger partial charge is 0.294 e. The highest BCUT2D eigenvalue weighted by Gasteiger charge is 2.15. The Morgan fingerprint density at radius 1 is 1.29 bits per heavy atom. The molecule has 0 radical (unpaired) electrons. The van der Waals surface area contributed by atoms with Crippen LogP contribution in [0.2, 0.25) is 0 Å². The molecule has 0 atom stereocenters. The van der Waals surface area contributed by atoms with Gasteiger partial charge in [-0.15, -0.1) is 0 Å². The van der Waals surface area contributed by atoms with Crippen LogP contribution in [-0.4, -0.2) is 5.78 Å². The van der Waals surface area contributed by atoms with Crippen LogP contribution in [0.15, 0.2) is 21.1 Å². The lowest BCUT2D eigenvalue weighted by molar-refractivity contribution is 0.101. The summed E-state index contributed by atoms with van der Waals surface area (Å²) in [4.78, 5) is 11.1. The lowest BCUT2D eigenvalue weighted by Crippen LogP contribution is -1.97. The van der Waals surface area contributed by atoms with Gasteiger partial charge in [-0.3, -0.25) is 4.79 Å². The van der Waals surface area contributed by atoms with Gasteiger partial charge in [0.2, 0.25) is 0 Å². The summed E-state index contributed by atoms with van der Waals surface area (Å²) in [6.45, 7) is 1.38. The molecule has 0 aliphatic rings. The van der Waals surface area contributed by atoms with E-state index in [1.807, 2.05) is 0 Å². The average Bonchev–Trinajstić information content (AvgIpc) is 2.01. The van der Waals surface area contributed by atoms with Crippen molar-refractivity contribution in [3.8, 4) is 0 Å². The summed E-state index contributed by atoms with van der Waals surface area (Å²) in [6, 6.07) is 2.51. The number of carbonyl (C=O) groups is 1. The van der Waals surface area contributed by atoms with Crippen molar-refractivity contribution in [3.05, 3.63) is 32.2 Å². The van der Waals surface area contributed by atoms with E-state index < -0.39 is 6.43 Å². The molecule has 0 spiro atoms. The molecule has 0 saturated heterocycles. The number of hydrogen-bond donors (Lipinski definition) is 0. The first-order valence-electron chi connectivity index (χ1n) is 3.71. The van der Waals surface area contributed by atoms with Crippen molar-refractivity contribution < 1.29 is 13.6 Å². The number of alkyl halides is 2. The average molecular weight is 328 g/mol. The van der Waals surface area contributed by atoms with Crippen molar-refractivity contribution in [2.75, 3.05) is 0 Å². The molecule has 0 unspecified atom stereocenters. The third kappa shape index (κ3) is 2.39. The van der Waals surface area contributed by atoms with Gasteiger partial charge in [-0.1, -0.05) is 0 Å². The van der Waals surface area contributed by atoms with Crippen LogP contribution in [0.5, 0.6) is 0 Å². The van der Waals surface area contributed by atoms with Crippen molar-refractivity contribution in [1.82, 2.24) is 0 Å².